The van der Waals surface area contributed by atoms with E-state index >= 15 is 0 Å². The van der Waals surface area contributed by atoms with E-state index in [1.165, 1.54) is 5.56 Å². The second kappa shape index (κ2) is 5.44. The Kier molecular flexibility index (Phi) is 3.93. The summed E-state index contributed by atoms with van der Waals surface area (Å²) in [4.78, 5) is 0. The van der Waals surface area contributed by atoms with Crippen LogP contribution in [0.15, 0.2) is 29.1 Å². The summed E-state index contributed by atoms with van der Waals surface area (Å²) in [6, 6.07) is 4.68. The zero-order chi connectivity index (χ0) is 12.3. The molecule has 17 heavy (non-hydrogen) atoms. The molecule has 2 rings (SSSR count). The Morgan fingerprint density at radius 3 is 2.82 bits per heavy atom. The number of aromatic nitrogens is 2. The Morgan fingerprint density at radius 1 is 1.47 bits per heavy atom. The molecule has 0 spiro atoms. The summed E-state index contributed by atoms with van der Waals surface area (Å²) in [6.45, 7) is 4.24. The van der Waals surface area contributed by atoms with Crippen LogP contribution in [0.3, 0.4) is 0 Å². The van der Waals surface area contributed by atoms with Gasteiger partial charge in [-0.15, -0.1) is 0 Å². The van der Waals surface area contributed by atoms with Crippen molar-refractivity contribution in [3.05, 3.63) is 40.3 Å². The van der Waals surface area contributed by atoms with Gasteiger partial charge >= 0.3 is 0 Å². The Labute approximate surface area is 105 Å². The molecule has 92 valence electrons. The van der Waals surface area contributed by atoms with Crippen molar-refractivity contribution in [2.75, 3.05) is 0 Å². The molecule has 2 aromatic rings. The van der Waals surface area contributed by atoms with Crippen molar-refractivity contribution in [1.29, 1.82) is 0 Å². The molecule has 0 saturated carbocycles. The average Bonchev–Trinajstić information content (AvgIpc) is 2.96. The molecule has 0 fully saturated rings. The van der Waals surface area contributed by atoms with Gasteiger partial charge in [0.1, 0.15) is 0 Å². The maximum Gasteiger partial charge on any atom is 0.0644 e. The van der Waals surface area contributed by atoms with Gasteiger partial charge in [0.05, 0.1) is 11.7 Å². The summed E-state index contributed by atoms with van der Waals surface area (Å²) in [7, 11) is 0. The van der Waals surface area contributed by atoms with Gasteiger partial charge in [-0.2, -0.15) is 16.4 Å². The van der Waals surface area contributed by atoms with Gasteiger partial charge in [-0.3, -0.25) is 16.0 Å². The highest BCUT2D eigenvalue weighted by Crippen LogP contribution is 2.19. The van der Waals surface area contributed by atoms with E-state index in [4.69, 9.17) is 5.84 Å². The molecule has 0 amide bonds. The lowest BCUT2D eigenvalue weighted by atomic mass is 10.1. The molecule has 3 N–H and O–H groups in total. The smallest absolute Gasteiger partial charge is 0.0644 e. The van der Waals surface area contributed by atoms with Crippen molar-refractivity contribution in [2.45, 2.75) is 32.4 Å². The molecule has 0 aromatic carbocycles. The van der Waals surface area contributed by atoms with Crippen molar-refractivity contribution in [2.24, 2.45) is 5.84 Å². The van der Waals surface area contributed by atoms with Crippen LogP contribution in [-0.4, -0.2) is 9.78 Å². The van der Waals surface area contributed by atoms with Gasteiger partial charge in [-0.1, -0.05) is 0 Å². The number of nitrogens with zero attached hydrogens (tertiary/aromatic N) is 2. The number of hydrogen-bond donors (Lipinski definition) is 2. The van der Waals surface area contributed by atoms with E-state index in [9.17, 15) is 0 Å². The summed E-state index contributed by atoms with van der Waals surface area (Å²) >= 11 is 1.68. The molecular formula is C12H18N4S. The zero-order valence-electron chi connectivity index (χ0n) is 10.1. The second-order valence-corrected chi connectivity index (χ2v) is 5.14. The fourth-order valence-electron chi connectivity index (χ4n) is 1.73. The van der Waals surface area contributed by atoms with Crippen LogP contribution in [-0.2, 0) is 6.42 Å². The van der Waals surface area contributed by atoms with E-state index in [0.29, 0.717) is 6.04 Å². The first-order valence-electron chi connectivity index (χ1n) is 5.73. The van der Waals surface area contributed by atoms with Crippen LogP contribution in [0, 0.1) is 0 Å². The Balaban J connectivity index is 2.08. The lowest BCUT2D eigenvalue weighted by Gasteiger charge is -2.13. The molecule has 5 heteroatoms. The summed E-state index contributed by atoms with van der Waals surface area (Å²) in [5, 5.41) is 8.71. The van der Waals surface area contributed by atoms with E-state index in [-0.39, 0.29) is 6.04 Å². The molecule has 0 aliphatic rings. The van der Waals surface area contributed by atoms with Gasteiger partial charge < -0.3 is 0 Å². The van der Waals surface area contributed by atoms with E-state index in [0.717, 1.165) is 12.1 Å². The third kappa shape index (κ3) is 2.94. The molecule has 2 heterocycles. The van der Waals surface area contributed by atoms with Gasteiger partial charge in [0.25, 0.3) is 0 Å². The maximum atomic E-state index is 5.60. The van der Waals surface area contributed by atoms with Crippen molar-refractivity contribution >= 4 is 11.3 Å². The third-order valence-electron chi connectivity index (χ3n) is 2.75. The van der Waals surface area contributed by atoms with Crippen LogP contribution in [0.1, 0.15) is 37.2 Å². The van der Waals surface area contributed by atoms with Crippen molar-refractivity contribution in [3.63, 3.8) is 0 Å². The Bertz CT molecular complexity index is 447. The van der Waals surface area contributed by atoms with Crippen molar-refractivity contribution in [1.82, 2.24) is 15.2 Å². The SMILES string of the molecule is CC(C)n1ccc(CC(NN)c2ccsc2)n1. The third-order valence-corrected chi connectivity index (χ3v) is 3.45. The highest BCUT2D eigenvalue weighted by Gasteiger charge is 2.13. The predicted molar refractivity (Wildman–Crippen MR) is 70.7 cm³/mol. The number of rotatable bonds is 5. The molecule has 0 bridgehead atoms. The van der Waals surface area contributed by atoms with Gasteiger partial charge in [-0.05, 0) is 42.3 Å². The molecule has 1 atom stereocenters. The van der Waals surface area contributed by atoms with E-state index in [2.05, 4.69) is 47.3 Å². The summed E-state index contributed by atoms with van der Waals surface area (Å²) in [6.07, 6.45) is 2.83. The lowest BCUT2D eigenvalue weighted by Crippen LogP contribution is -2.29. The van der Waals surface area contributed by atoms with E-state index in [1.807, 2.05) is 10.9 Å². The Morgan fingerprint density at radius 2 is 2.29 bits per heavy atom. The first-order chi connectivity index (χ1) is 8.20. The van der Waals surface area contributed by atoms with Gasteiger partial charge in [0.15, 0.2) is 0 Å². The minimum atomic E-state index is 0.136. The van der Waals surface area contributed by atoms with Crippen LogP contribution in [0.5, 0.6) is 0 Å². The molecule has 1 unspecified atom stereocenters. The molecule has 0 radical (unpaired) electrons. The normalized spacial score (nSPS) is 13.2. The standard InChI is InChI=1S/C12H18N4S/c1-9(2)16-5-3-11(15-16)7-12(14-13)10-4-6-17-8-10/h3-6,8-9,12,14H,7,13H2,1-2H3. The van der Waals surface area contributed by atoms with Crippen LogP contribution >= 0.6 is 11.3 Å². The summed E-state index contributed by atoms with van der Waals surface area (Å²) in [5.41, 5.74) is 5.13. The second-order valence-electron chi connectivity index (χ2n) is 4.36. The first-order valence-corrected chi connectivity index (χ1v) is 6.67. The highest BCUT2D eigenvalue weighted by molar-refractivity contribution is 7.07. The minimum absolute atomic E-state index is 0.136. The highest BCUT2D eigenvalue weighted by atomic mass is 32.1. The summed E-state index contributed by atoms with van der Waals surface area (Å²) in [5.74, 6) is 5.60. The maximum absolute atomic E-state index is 5.60. The lowest BCUT2D eigenvalue weighted by molar-refractivity contribution is 0.507. The minimum Gasteiger partial charge on any atom is -0.271 e. The van der Waals surface area contributed by atoms with E-state index < -0.39 is 0 Å². The first kappa shape index (κ1) is 12.3. The Hall–Kier alpha value is -1.17. The number of hydrazine groups is 1. The van der Waals surface area contributed by atoms with Gasteiger partial charge in [0.2, 0.25) is 0 Å². The zero-order valence-corrected chi connectivity index (χ0v) is 10.9. The molecule has 4 nitrogen and oxygen atoms in total. The fourth-order valence-corrected chi connectivity index (χ4v) is 2.44. The molecule has 0 saturated heterocycles. The largest absolute Gasteiger partial charge is 0.271 e. The number of hydrogen-bond acceptors (Lipinski definition) is 4. The van der Waals surface area contributed by atoms with Crippen molar-refractivity contribution in [3.8, 4) is 0 Å². The fraction of sp³-hybridized carbons (Fsp3) is 0.417. The monoisotopic (exact) mass is 250 g/mol. The van der Waals surface area contributed by atoms with Gasteiger partial charge in [-0.25, -0.2) is 0 Å². The molecule has 0 aliphatic carbocycles. The number of nitrogens with two attached hydrogens (primary N) is 1. The topological polar surface area (TPSA) is 55.9 Å². The molecule has 0 aliphatic heterocycles. The average molecular weight is 250 g/mol. The molecule has 2 aromatic heterocycles. The van der Waals surface area contributed by atoms with Crippen molar-refractivity contribution < 1.29 is 0 Å². The predicted octanol–water partition coefficient (Wildman–Crippen LogP) is 2.27. The van der Waals surface area contributed by atoms with Crippen LogP contribution in [0.25, 0.3) is 0 Å². The number of thiophene rings is 1. The number of nitrogens with one attached hydrogen (secondary N) is 1. The van der Waals surface area contributed by atoms with Crippen LogP contribution < -0.4 is 11.3 Å². The quantitative estimate of drug-likeness (QED) is 0.632. The van der Waals surface area contributed by atoms with Crippen LogP contribution in [0.4, 0.5) is 0 Å². The van der Waals surface area contributed by atoms with E-state index in [1.54, 1.807) is 11.3 Å². The van der Waals surface area contributed by atoms with Crippen LogP contribution in [0.2, 0.25) is 0 Å². The molecular weight excluding hydrogens is 232 g/mol. The van der Waals surface area contributed by atoms with Gasteiger partial charge in [0, 0.05) is 18.7 Å². The summed E-state index contributed by atoms with van der Waals surface area (Å²) < 4.78 is 1.97.